The Balaban J connectivity index is 2.43. The molecule has 2 N–H and O–H groups in total. The maximum absolute atomic E-state index is 11.5. The number of aliphatic hydroxyl groups is 1. The number of amides is 1. The van der Waals surface area contributed by atoms with Crippen molar-refractivity contribution in [2.75, 3.05) is 38.8 Å². The van der Waals surface area contributed by atoms with Crippen LogP contribution in [0.3, 0.4) is 0 Å². The van der Waals surface area contributed by atoms with E-state index in [9.17, 15) is 4.79 Å². The number of carbonyl (C=O) groups is 1. The summed E-state index contributed by atoms with van der Waals surface area (Å²) in [7, 11) is 3.38. The van der Waals surface area contributed by atoms with E-state index < -0.39 is 0 Å². The molecule has 0 fully saturated rings. The molecule has 1 amide bonds. The lowest BCUT2D eigenvalue weighted by Crippen LogP contribution is -2.36. The lowest BCUT2D eigenvalue weighted by atomic mass is 10.3. The van der Waals surface area contributed by atoms with E-state index in [1.807, 2.05) is 0 Å². The lowest BCUT2D eigenvalue weighted by molar-refractivity contribution is -0.119. The predicted octanol–water partition coefficient (Wildman–Crippen LogP) is -0.227. The van der Waals surface area contributed by atoms with Crippen molar-refractivity contribution in [2.24, 2.45) is 0 Å². The van der Waals surface area contributed by atoms with Crippen LogP contribution in [0, 0.1) is 0 Å². The summed E-state index contributed by atoms with van der Waals surface area (Å²) in [5.41, 5.74) is 0.747. The number of ether oxygens (including phenoxy) is 1. The van der Waals surface area contributed by atoms with Crippen LogP contribution in [0.25, 0.3) is 0 Å². The number of pyridine rings is 1. The van der Waals surface area contributed by atoms with E-state index >= 15 is 0 Å². The number of nitrogens with zero attached hydrogens (tertiary/aromatic N) is 2. The Morgan fingerprint density at radius 3 is 2.89 bits per heavy atom. The topological polar surface area (TPSA) is 74.7 Å². The van der Waals surface area contributed by atoms with Gasteiger partial charge in [-0.3, -0.25) is 4.79 Å². The van der Waals surface area contributed by atoms with Crippen LogP contribution >= 0.6 is 0 Å². The zero-order valence-electron chi connectivity index (χ0n) is 10.7. The predicted molar refractivity (Wildman–Crippen MR) is 68.3 cm³/mol. The Labute approximate surface area is 107 Å². The molecule has 0 saturated heterocycles. The second kappa shape index (κ2) is 7.62. The van der Waals surface area contributed by atoms with Crippen molar-refractivity contribution < 1.29 is 14.6 Å². The first-order chi connectivity index (χ1) is 8.67. The van der Waals surface area contributed by atoms with Crippen LogP contribution in [0.15, 0.2) is 18.3 Å². The number of hydrogen-bond donors (Lipinski definition) is 2. The van der Waals surface area contributed by atoms with Crippen LogP contribution in [-0.4, -0.2) is 49.9 Å². The van der Waals surface area contributed by atoms with Crippen LogP contribution in [0.2, 0.25) is 0 Å². The molecule has 0 radical (unpaired) electrons. The average Bonchev–Trinajstić information content (AvgIpc) is 2.39. The van der Waals surface area contributed by atoms with Crippen molar-refractivity contribution in [3.05, 3.63) is 23.9 Å². The highest BCUT2D eigenvalue weighted by Gasteiger charge is 2.07. The quantitative estimate of drug-likeness (QED) is 0.657. The summed E-state index contributed by atoms with van der Waals surface area (Å²) in [4.78, 5) is 17.4. The van der Waals surface area contributed by atoms with E-state index in [4.69, 9.17) is 9.84 Å². The molecule has 1 heterocycles. The van der Waals surface area contributed by atoms with Gasteiger partial charge >= 0.3 is 0 Å². The highest BCUT2D eigenvalue weighted by atomic mass is 16.5. The number of aliphatic hydroxyl groups excluding tert-OH is 1. The van der Waals surface area contributed by atoms with Crippen LogP contribution in [-0.2, 0) is 16.1 Å². The zero-order chi connectivity index (χ0) is 13.4. The Morgan fingerprint density at radius 2 is 2.33 bits per heavy atom. The van der Waals surface area contributed by atoms with Crippen molar-refractivity contribution >= 4 is 11.7 Å². The molecule has 0 aromatic carbocycles. The molecule has 18 heavy (non-hydrogen) atoms. The smallest absolute Gasteiger partial charge is 0.239 e. The average molecular weight is 253 g/mol. The number of nitrogens with one attached hydrogen (secondary N) is 1. The molecule has 0 saturated carbocycles. The molecule has 0 aliphatic rings. The largest absolute Gasteiger partial charge is 0.392 e. The first kappa shape index (κ1) is 14.4. The molecule has 0 bridgehead atoms. The minimum Gasteiger partial charge on any atom is -0.392 e. The van der Waals surface area contributed by atoms with Crippen LogP contribution in [0.5, 0.6) is 0 Å². The number of hydrogen-bond acceptors (Lipinski definition) is 5. The van der Waals surface area contributed by atoms with Gasteiger partial charge < -0.3 is 20.1 Å². The molecule has 0 atom stereocenters. The molecule has 0 aliphatic heterocycles. The second-order valence-corrected chi connectivity index (χ2v) is 3.88. The number of carbonyl (C=O) groups excluding carboxylic acids is 1. The fraction of sp³-hybridized carbons (Fsp3) is 0.500. The van der Waals surface area contributed by atoms with Gasteiger partial charge in [-0.05, 0) is 11.6 Å². The van der Waals surface area contributed by atoms with Gasteiger partial charge in [-0.1, -0.05) is 6.07 Å². The third-order valence-corrected chi connectivity index (χ3v) is 2.39. The number of anilines is 1. The van der Waals surface area contributed by atoms with Crippen molar-refractivity contribution in [2.45, 2.75) is 6.61 Å². The summed E-state index contributed by atoms with van der Waals surface area (Å²) in [6.45, 7) is 1.20. The van der Waals surface area contributed by atoms with E-state index in [0.717, 1.165) is 5.56 Å². The molecule has 0 aliphatic carbocycles. The molecule has 1 rings (SSSR count). The Bertz CT molecular complexity index is 367. The summed E-state index contributed by atoms with van der Waals surface area (Å²) >= 11 is 0. The van der Waals surface area contributed by atoms with Crippen molar-refractivity contribution in [1.29, 1.82) is 0 Å². The molecule has 1 aromatic heterocycles. The minimum absolute atomic E-state index is 0.0332. The molecule has 0 unspecified atom stereocenters. The third kappa shape index (κ3) is 4.68. The first-order valence-corrected chi connectivity index (χ1v) is 5.70. The maximum Gasteiger partial charge on any atom is 0.239 e. The standard InChI is InChI=1S/C12H19N3O3/c1-15(8-12(17)13-5-6-18-2)11-4-3-10(9-16)7-14-11/h3-4,7,16H,5-6,8-9H2,1-2H3,(H,13,17). The summed E-state index contributed by atoms with van der Waals surface area (Å²) in [6, 6.07) is 3.55. The SMILES string of the molecule is COCCNC(=O)CN(C)c1ccc(CO)cn1. The first-order valence-electron chi connectivity index (χ1n) is 5.70. The second-order valence-electron chi connectivity index (χ2n) is 3.88. The van der Waals surface area contributed by atoms with Crippen molar-refractivity contribution in [1.82, 2.24) is 10.3 Å². The monoisotopic (exact) mass is 253 g/mol. The maximum atomic E-state index is 11.5. The van der Waals surface area contributed by atoms with Gasteiger partial charge in [0, 0.05) is 26.9 Å². The van der Waals surface area contributed by atoms with Gasteiger partial charge in [0.2, 0.25) is 5.91 Å². The fourth-order valence-electron chi connectivity index (χ4n) is 1.38. The van der Waals surface area contributed by atoms with Crippen LogP contribution in [0.4, 0.5) is 5.82 Å². The number of methoxy groups -OCH3 is 1. The molecule has 100 valence electrons. The van der Waals surface area contributed by atoms with Crippen LogP contribution < -0.4 is 10.2 Å². The van der Waals surface area contributed by atoms with E-state index in [1.165, 1.54) is 0 Å². The van der Waals surface area contributed by atoms with Crippen LogP contribution in [0.1, 0.15) is 5.56 Å². The molecule has 0 spiro atoms. The summed E-state index contributed by atoms with van der Waals surface area (Å²) < 4.78 is 4.84. The van der Waals surface area contributed by atoms with Gasteiger partial charge in [-0.25, -0.2) is 4.98 Å². The molecular formula is C12H19N3O3. The van der Waals surface area contributed by atoms with Gasteiger partial charge in [-0.15, -0.1) is 0 Å². The number of likely N-dealkylation sites (N-methyl/N-ethyl adjacent to an activating group) is 1. The lowest BCUT2D eigenvalue weighted by Gasteiger charge is -2.17. The number of aromatic nitrogens is 1. The van der Waals surface area contributed by atoms with E-state index in [0.29, 0.717) is 19.0 Å². The highest BCUT2D eigenvalue weighted by Crippen LogP contribution is 2.08. The zero-order valence-corrected chi connectivity index (χ0v) is 10.7. The van der Waals surface area contributed by atoms with Crippen molar-refractivity contribution in [3.8, 4) is 0 Å². The van der Waals surface area contributed by atoms with E-state index in [1.54, 1.807) is 37.4 Å². The summed E-state index contributed by atoms with van der Waals surface area (Å²) in [6.07, 6.45) is 1.59. The Morgan fingerprint density at radius 1 is 1.56 bits per heavy atom. The summed E-state index contributed by atoms with van der Waals surface area (Å²) in [5.74, 6) is 0.608. The Hall–Kier alpha value is -1.66. The van der Waals surface area contributed by atoms with Gasteiger partial charge in [0.1, 0.15) is 5.82 Å². The Kier molecular flexibility index (Phi) is 6.10. The fourth-order valence-corrected chi connectivity index (χ4v) is 1.38. The van der Waals surface area contributed by atoms with E-state index in [2.05, 4.69) is 10.3 Å². The van der Waals surface area contributed by atoms with Gasteiger partial charge in [0.15, 0.2) is 0 Å². The van der Waals surface area contributed by atoms with Crippen molar-refractivity contribution in [3.63, 3.8) is 0 Å². The number of rotatable bonds is 7. The minimum atomic E-state index is -0.0809. The molecule has 1 aromatic rings. The normalized spacial score (nSPS) is 10.2. The van der Waals surface area contributed by atoms with Gasteiger partial charge in [0.25, 0.3) is 0 Å². The van der Waals surface area contributed by atoms with Gasteiger partial charge in [-0.2, -0.15) is 0 Å². The molecule has 6 heteroatoms. The summed E-state index contributed by atoms with van der Waals surface area (Å²) in [5, 5.41) is 11.6. The van der Waals surface area contributed by atoms with E-state index in [-0.39, 0.29) is 19.1 Å². The molecule has 6 nitrogen and oxygen atoms in total. The third-order valence-electron chi connectivity index (χ3n) is 2.39. The molecular weight excluding hydrogens is 234 g/mol. The van der Waals surface area contributed by atoms with Gasteiger partial charge in [0.05, 0.1) is 19.8 Å². The highest BCUT2D eigenvalue weighted by molar-refractivity contribution is 5.80.